The smallest absolute Gasteiger partial charge is 0.155 e. The molecule has 0 atom stereocenters. The molecule has 299 valence electrons. The van der Waals surface area contributed by atoms with Crippen LogP contribution in [0.1, 0.15) is 131 Å². The first-order valence-electron chi connectivity index (χ1n) is 20.2. The molecule has 0 spiro atoms. The number of carbonyl (C=O) groups excluding carboxylic acids is 1. The quantitative estimate of drug-likeness (QED) is 0.111. The molecule has 0 amide bonds. The second-order valence-electron chi connectivity index (χ2n) is 11.4. The minimum absolute atomic E-state index is 0. The molecule has 0 saturated heterocycles. The monoisotopic (exact) mass is 912 g/mol. The minimum atomic E-state index is -0.125. The van der Waals surface area contributed by atoms with Gasteiger partial charge in [-0.15, -0.1) is 35.9 Å². The summed E-state index contributed by atoms with van der Waals surface area (Å²) in [5, 5.41) is 9.53. The molecule has 54 heavy (non-hydrogen) atoms. The standard InChI is InChI=1S/C18H20.C15H10N.C5H8O2.C4H10.4C2H6.Ir/c1-2-4-16-7-11-18(12-8-16)14-13-17-9-5-15(3-1)6-10-17;1-2-6-12(7-3-1)15-11-10-13-8-4-5-9-14(13)16-15;1-4(6)3-5(2)7;1-3-4-2;4*1-2;/h5-12H,1-4,13-14H2;1-6,8-11H;3,6H,1-2H3;3-4H2,1-2H3;4*1-2H3;/q;-1;;;;;;;. The van der Waals surface area contributed by atoms with Crippen molar-refractivity contribution >= 4 is 16.7 Å². The second-order valence-corrected chi connectivity index (χ2v) is 11.4. The van der Waals surface area contributed by atoms with Crippen molar-refractivity contribution in [3.05, 3.63) is 149 Å². The molecule has 0 fully saturated rings. The first-order chi connectivity index (χ1) is 25.9. The fraction of sp³-hybridized carbons (Fsp3) is 0.400. The van der Waals surface area contributed by atoms with Crippen LogP contribution in [0.5, 0.6) is 0 Å². The average Bonchev–Trinajstić information content (AvgIpc) is 3.23. The summed E-state index contributed by atoms with van der Waals surface area (Å²) in [6.07, 6.45) is 11.1. The molecule has 4 bridgehead atoms. The van der Waals surface area contributed by atoms with Crippen LogP contribution in [-0.2, 0) is 50.6 Å². The van der Waals surface area contributed by atoms with Crippen molar-refractivity contribution in [2.45, 2.75) is 134 Å². The van der Waals surface area contributed by atoms with Gasteiger partial charge in [0.15, 0.2) is 5.78 Å². The zero-order chi connectivity index (χ0) is 40.3. The first kappa shape index (κ1) is 54.5. The number of pyridine rings is 1. The van der Waals surface area contributed by atoms with Gasteiger partial charge in [0.2, 0.25) is 0 Å². The fourth-order valence-electron chi connectivity index (χ4n) is 4.75. The van der Waals surface area contributed by atoms with Gasteiger partial charge in [0.25, 0.3) is 0 Å². The number of aryl methyl sites for hydroxylation is 4. The van der Waals surface area contributed by atoms with Crippen molar-refractivity contribution in [2.75, 3.05) is 0 Å². The summed E-state index contributed by atoms with van der Waals surface area (Å²) in [6, 6.07) is 41.8. The van der Waals surface area contributed by atoms with Gasteiger partial charge >= 0.3 is 0 Å². The maximum Gasteiger partial charge on any atom is 0.155 e. The summed E-state index contributed by atoms with van der Waals surface area (Å²) in [4.78, 5) is 14.6. The Kier molecular flexibility index (Phi) is 37.8. The van der Waals surface area contributed by atoms with E-state index in [4.69, 9.17) is 5.11 Å². The Labute approximate surface area is 345 Å². The molecule has 1 heterocycles. The van der Waals surface area contributed by atoms with E-state index in [1.165, 1.54) is 86.1 Å². The summed E-state index contributed by atoms with van der Waals surface area (Å²) in [5.41, 5.74) is 8.93. The number of fused-ring (bicyclic) bond motifs is 1. The van der Waals surface area contributed by atoms with Gasteiger partial charge in [-0.3, -0.25) is 9.78 Å². The molecule has 5 aromatic rings. The Morgan fingerprint density at radius 2 is 1.04 bits per heavy atom. The predicted octanol–water partition coefficient (Wildman–Crippen LogP) is 15.0. The molecule has 3 nitrogen and oxygen atoms in total. The number of hydrogen-bond acceptors (Lipinski definition) is 3. The van der Waals surface area contributed by atoms with E-state index in [-0.39, 0.29) is 31.6 Å². The Hall–Kier alpha value is -3.85. The summed E-state index contributed by atoms with van der Waals surface area (Å²) in [6.45, 7) is 23.2. The van der Waals surface area contributed by atoms with Crippen LogP contribution in [-0.4, -0.2) is 15.9 Å². The van der Waals surface area contributed by atoms with E-state index in [0.717, 1.165) is 29.6 Å². The molecule has 1 N–H and O–H groups in total. The van der Waals surface area contributed by atoms with Crippen molar-refractivity contribution in [3.63, 3.8) is 0 Å². The second kappa shape index (κ2) is 37.5. The van der Waals surface area contributed by atoms with Gasteiger partial charge < -0.3 is 5.11 Å². The van der Waals surface area contributed by atoms with E-state index in [9.17, 15) is 4.79 Å². The molecule has 4 aliphatic rings. The van der Waals surface area contributed by atoms with Gasteiger partial charge in [-0.25, -0.2) is 0 Å². The van der Waals surface area contributed by atoms with E-state index in [1.807, 2.05) is 104 Å². The molecule has 0 saturated carbocycles. The normalized spacial score (nSPS) is 10.8. The number of para-hydroxylation sites is 1. The van der Waals surface area contributed by atoms with Gasteiger partial charge in [0, 0.05) is 26.2 Å². The Balaban J connectivity index is -0.000000660. The Morgan fingerprint density at radius 3 is 1.41 bits per heavy atom. The first-order valence-corrected chi connectivity index (χ1v) is 20.2. The van der Waals surface area contributed by atoms with E-state index >= 15 is 0 Å². The van der Waals surface area contributed by atoms with Gasteiger partial charge in [0.05, 0.1) is 11.3 Å². The van der Waals surface area contributed by atoms with Crippen molar-refractivity contribution in [1.82, 2.24) is 4.98 Å². The molecule has 4 aromatic carbocycles. The Morgan fingerprint density at radius 1 is 0.611 bits per heavy atom. The summed E-state index contributed by atoms with van der Waals surface area (Å²) in [5.74, 6) is -0.0625. The number of ketones is 1. The number of aliphatic hydroxyl groups excluding tert-OH is 1. The summed E-state index contributed by atoms with van der Waals surface area (Å²) in [7, 11) is 0. The van der Waals surface area contributed by atoms with Gasteiger partial charge in [-0.2, -0.15) is 0 Å². The molecule has 1 radical (unpaired) electrons. The Bertz CT molecular complexity index is 1540. The molecule has 0 unspecified atom stereocenters. The average molecular weight is 911 g/mol. The van der Waals surface area contributed by atoms with Crippen molar-refractivity contribution in [1.29, 1.82) is 0 Å². The molecule has 0 aliphatic heterocycles. The number of rotatable bonds is 3. The van der Waals surface area contributed by atoms with Crippen LogP contribution in [0.2, 0.25) is 0 Å². The maximum atomic E-state index is 10.0. The van der Waals surface area contributed by atoms with Gasteiger partial charge in [-0.05, 0) is 91.8 Å². The zero-order valence-electron chi connectivity index (χ0n) is 35.8. The fourth-order valence-corrected chi connectivity index (χ4v) is 4.75. The van der Waals surface area contributed by atoms with Crippen LogP contribution in [0.15, 0.2) is 121 Å². The van der Waals surface area contributed by atoms with E-state index in [2.05, 4.69) is 85.6 Å². The molecule has 4 heteroatoms. The SMILES string of the molecule is CC.CC.CC.CC.CC(=O)C=C(C)O.CCCC.[Ir].[c-]1ccccc1-c1ccc2ccccc2n1.c1cc2ccc1CCCCc1ccc(cc1)CC2. The van der Waals surface area contributed by atoms with Crippen LogP contribution in [0.3, 0.4) is 0 Å². The molecular formula is C50H72IrNO2-. The van der Waals surface area contributed by atoms with Crippen LogP contribution < -0.4 is 0 Å². The third-order valence-electron chi connectivity index (χ3n) is 7.42. The number of hydrogen-bond donors (Lipinski definition) is 1. The van der Waals surface area contributed by atoms with E-state index in [1.54, 1.807) is 0 Å². The van der Waals surface area contributed by atoms with Gasteiger partial charge in [-0.1, -0.05) is 161 Å². The molecule has 9 rings (SSSR count). The van der Waals surface area contributed by atoms with Crippen LogP contribution in [0, 0.1) is 6.07 Å². The number of aliphatic hydroxyl groups is 1. The zero-order valence-corrected chi connectivity index (χ0v) is 38.2. The number of aromatic nitrogens is 1. The third-order valence-corrected chi connectivity index (χ3v) is 7.42. The van der Waals surface area contributed by atoms with Crippen molar-refractivity contribution in [2.24, 2.45) is 0 Å². The molecule has 4 aliphatic carbocycles. The molecular weight excluding hydrogens is 839 g/mol. The predicted molar refractivity (Wildman–Crippen MR) is 236 cm³/mol. The number of allylic oxidation sites excluding steroid dienone is 2. The number of unbranched alkanes of at least 4 members (excludes halogenated alkanes) is 1. The topological polar surface area (TPSA) is 50.2 Å². The van der Waals surface area contributed by atoms with Crippen LogP contribution in [0.4, 0.5) is 0 Å². The summed E-state index contributed by atoms with van der Waals surface area (Å²) >= 11 is 0. The van der Waals surface area contributed by atoms with E-state index < -0.39 is 0 Å². The largest absolute Gasteiger partial charge is 0.512 e. The van der Waals surface area contributed by atoms with Crippen LogP contribution >= 0.6 is 0 Å². The number of carbonyl (C=O) groups is 1. The van der Waals surface area contributed by atoms with Gasteiger partial charge in [0.1, 0.15) is 0 Å². The number of nitrogens with zero attached hydrogens (tertiary/aromatic N) is 1. The third kappa shape index (κ3) is 25.2. The molecule has 1 aromatic heterocycles. The van der Waals surface area contributed by atoms with E-state index in [0.29, 0.717) is 0 Å². The maximum absolute atomic E-state index is 10.0. The minimum Gasteiger partial charge on any atom is -0.512 e. The summed E-state index contributed by atoms with van der Waals surface area (Å²) < 4.78 is 0. The van der Waals surface area contributed by atoms with Crippen molar-refractivity contribution < 1.29 is 30.0 Å². The number of benzene rings is 4. The van der Waals surface area contributed by atoms with Crippen molar-refractivity contribution in [3.8, 4) is 11.3 Å². The van der Waals surface area contributed by atoms with Crippen LogP contribution in [0.25, 0.3) is 22.2 Å².